The second-order valence-corrected chi connectivity index (χ2v) is 10.0. The molecule has 6 nitrogen and oxygen atoms in total. The van der Waals surface area contributed by atoms with Crippen LogP contribution in [0.1, 0.15) is 45.4 Å². The molecule has 2 aliphatic rings. The molecular weight excluding hydrogens is 432 g/mol. The van der Waals surface area contributed by atoms with Crippen LogP contribution in [-0.4, -0.2) is 52.0 Å². The summed E-state index contributed by atoms with van der Waals surface area (Å²) in [5, 5.41) is 4.13. The number of aromatic nitrogens is 2. The molecule has 1 atom stereocenters. The van der Waals surface area contributed by atoms with Crippen LogP contribution in [0.4, 0.5) is 0 Å². The molecule has 1 unspecified atom stereocenters. The molecule has 0 saturated carbocycles. The SMILES string of the molecule is CC1(C)CCCN(C(=O)C2CCCN(Cc3nc(-c4cccc(Br)c4)no3)C2)C1. The van der Waals surface area contributed by atoms with Crippen molar-refractivity contribution in [2.45, 2.75) is 46.1 Å². The van der Waals surface area contributed by atoms with Crippen molar-refractivity contribution in [1.29, 1.82) is 0 Å². The minimum absolute atomic E-state index is 0.0742. The fourth-order valence-corrected chi connectivity index (χ4v) is 4.92. The summed E-state index contributed by atoms with van der Waals surface area (Å²) in [5.74, 6) is 1.60. The average Bonchev–Trinajstić information content (AvgIpc) is 3.15. The summed E-state index contributed by atoms with van der Waals surface area (Å²) in [6.07, 6.45) is 4.31. The summed E-state index contributed by atoms with van der Waals surface area (Å²) in [7, 11) is 0. The van der Waals surface area contributed by atoms with Gasteiger partial charge in [-0.15, -0.1) is 0 Å². The molecule has 2 aliphatic heterocycles. The van der Waals surface area contributed by atoms with Gasteiger partial charge in [-0.3, -0.25) is 9.69 Å². The van der Waals surface area contributed by atoms with Crippen LogP contribution >= 0.6 is 15.9 Å². The van der Waals surface area contributed by atoms with Gasteiger partial charge in [0.15, 0.2) is 0 Å². The Morgan fingerprint density at radius 1 is 1.31 bits per heavy atom. The first-order valence-corrected chi connectivity index (χ1v) is 11.3. The minimum Gasteiger partial charge on any atom is -0.342 e. The van der Waals surface area contributed by atoms with Gasteiger partial charge in [-0.25, -0.2) is 0 Å². The van der Waals surface area contributed by atoms with Crippen molar-refractivity contribution in [3.8, 4) is 11.4 Å². The normalized spacial score (nSPS) is 22.6. The first-order chi connectivity index (χ1) is 13.9. The van der Waals surface area contributed by atoms with Gasteiger partial charge in [0.05, 0.1) is 12.5 Å². The van der Waals surface area contributed by atoms with E-state index < -0.39 is 0 Å². The molecule has 7 heteroatoms. The highest BCUT2D eigenvalue weighted by atomic mass is 79.9. The van der Waals surface area contributed by atoms with Crippen LogP contribution in [0.15, 0.2) is 33.3 Å². The first-order valence-electron chi connectivity index (χ1n) is 10.5. The summed E-state index contributed by atoms with van der Waals surface area (Å²) >= 11 is 3.48. The van der Waals surface area contributed by atoms with Crippen molar-refractivity contribution >= 4 is 21.8 Å². The van der Waals surface area contributed by atoms with Crippen molar-refractivity contribution in [2.75, 3.05) is 26.2 Å². The molecule has 0 radical (unpaired) electrons. The fourth-order valence-electron chi connectivity index (χ4n) is 4.53. The number of carbonyl (C=O) groups excluding carboxylic acids is 1. The third kappa shape index (κ3) is 5.07. The number of piperidine rings is 2. The molecule has 0 spiro atoms. The summed E-state index contributed by atoms with van der Waals surface area (Å²) in [6.45, 7) is 8.63. The van der Waals surface area contributed by atoms with E-state index in [4.69, 9.17) is 4.52 Å². The van der Waals surface area contributed by atoms with Crippen molar-refractivity contribution in [3.63, 3.8) is 0 Å². The zero-order valence-electron chi connectivity index (χ0n) is 17.2. The predicted molar refractivity (Wildman–Crippen MR) is 115 cm³/mol. The van der Waals surface area contributed by atoms with E-state index in [1.165, 1.54) is 6.42 Å². The molecule has 29 heavy (non-hydrogen) atoms. The van der Waals surface area contributed by atoms with Crippen molar-refractivity contribution in [1.82, 2.24) is 19.9 Å². The number of likely N-dealkylation sites (tertiary alicyclic amines) is 2. The summed E-state index contributed by atoms with van der Waals surface area (Å²) in [4.78, 5) is 22.0. The lowest BCUT2D eigenvalue weighted by atomic mass is 9.83. The Labute approximate surface area is 180 Å². The monoisotopic (exact) mass is 460 g/mol. The highest BCUT2D eigenvalue weighted by Gasteiger charge is 2.34. The van der Waals surface area contributed by atoms with Gasteiger partial charge in [0.25, 0.3) is 0 Å². The summed E-state index contributed by atoms with van der Waals surface area (Å²) < 4.78 is 6.47. The number of nitrogens with zero attached hydrogens (tertiary/aromatic N) is 4. The molecule has 0 N–H and O–H groups in total. The molecule has 2 aromatic rings. The van der Waals surface area contributed by atoms with E-state index in [-0.39, 0.29) is 11.3 Å². The number of carbonyl (C=O) groups is 1. The maximum Gasteiger partial charge on any atom is 0.241 e. The average molecular weight is 461 g/mol. The second kappa shape index (κ2) is 8.56. The molecule has 0 bridgehead atoms. The molecule has 1 amide bonds. The lowest BCUT2D eigenvalue weighted by Crippen LogP contribution is -2.49. The second-order valence-electron chi connectivity index (χ2n) is 9.12. The van der Waals surface area contributed by atoms with E-state index in [1.54, 1.807) is 0 Å². The molecule has 2 fully saturated rings. The number of halogens is 1. The van der Waals surface area contributed by atoms with Crippen LogP contribution in [0.3, 0.4) is 0 Å². The molecule has 0 aliphatic carbocycles. The van der Waals surface area contributed by atoms with Crippen LogP contribution < -0.4 is 0 Å². The lowest BCUT2D eigenvalue weighted by molar-refractivity contribution is -0.140. The number of benzene rings is 1. The Hall–Kier alpha value is -1.73. The fraction of sp³-hybridized carbons (Fsp3) is 0.591. The Bertz CT molecular complexity index is 866. The highest BCUT2D eigenvalue weighted by Crippen LogP contribution is 2.30. The van der Waals surface area contributed by atoms with Crippen LogP contribution in [0.25, 0.3) is 11.4 Å². The maximum atomic E-state index is 13.1. The topological polar surface area (TPSA) is 62.5 Å². The Balaban J connectivity index is 1.37. The highest BCUT2D eigenvalue weighted by molar-refractivity contribution is 9.10. The first kappa shape index (κ1) is 20.5. The van der Waals surface area contributed by atoms with Gasteiger partial charge in [0.1, 0.15) is 0 Å². The molecule has 2 saturated heterocycles. The Morgan fingerprint density at radius 2 is 2.17 bits per heavy atom. The molecule has 1 aromatic carbocycles. The number of hydrogen-bond donors (Lipinski definition) is 0. The van der Waals surface area contributed by atoms with Gasteiger partial charge in [0, 0.05) is 29.7 Å². The van der Waals surface area contributed by atoms with Crippen LogP contribution in [0, 0.1) is 11.3 Å². The number of hydrogen-bond acceptors (Lipinski definition) is 5. The summed E-state index contributed by atoms with van der Waals surface area (Å²) in [5.41, 5.74) is 1.16. The quantitative estimate of drug-likeness (QED) is 0.677. The van der Waals surface area contributed by atoms with Crippen molar-refractivity contribution in [3.05, 3.63) is 34.6 Å². The zero-order chi connectivity index (χ0) is 20.4. The predicted octanol–water partition coefficient (Wildman–Crippen LogP) is 4.36. The number of amides is 1. The Kier molecular flexibility index (Phi) is 6.06. The van der Waals surface area contributed by atoms with E-state index >= 15 is 0 Å². The smallest absolute Gasteiger partial charge is 0.241 e. The van der Waals surface area contributed by atoms with Crippen LogP contribution in [0.2, 0.25) is 0 Å². The third-order valence-electron chi connectivity index (χ3n) is 5.98. The van der Waals surface area contributed by atoms with Crippen molar-refractivity contribution in [2.24, 2.45) is 11.3 Å². The van der Waals surface area contributed by atoms with E-state index in [2.05, 4.69) is 49.7 Å². The maximum absolute atomic E-state index is 13.1. The van der Waals surface area contributed by atoms with Gasteiger partial charge in [-0.2, -0.15) is 4.98 Å². The van der Waals surface area contributed by atoms with E-state index in [0.29, 0.717) is 24.2 Å². The largest absolute Gasteiger partial charge is 0.342 e. The van der Waals surface area contributed by atoms with Gasteiger partial charge >= 0.3 is 0 Å². The standard InChI is InChI=1S/C22H29BrN4O2/c1-22(2)9-5-11-27(15-22)21(28)17-7-4-10-26(13-17)14-19-24-20(25-29-19)16-6-3-8-18(23)12-16/h3,6,8,12,17H,4-5,7,9-11,13-15H2,1-2H3. The Morgan fingerprint density at radius 3 is 2.97 bits per heavy atom. The van der Waals surface area contributed by atoms with Gasteiger partial charge in [-0.05, 0) is 49.8 Å². The molecule has 3 heterocycles. The van der Waals surface area contributed by atoms with E-state index in [1.807, 2.05) is 24.3 Å². The van der Waals surface area contributed by atoms with Gasteiger partial charge in [0.2, 0.25) is 17.6 Å². The van der Waals surface area contributed by atoms with E-state index in [0.717, 1.165) is 55.5 Å². The minimum atomic E-state index is 0.0742. The van der Waals surface area contributed by atoms with Crippen molar-refractivity contribution < 1.29 is 9.32 Å². The molecule has 4 rings (SSSR count). The third-order valence-corrected chi connectivity index (χ3v) is 6.47. The zero-order valence-corrected chi connectivity index (χ0v) is 18.8. The summed E-state index contributed by atoms with van der Waals surface area (Å²) in [6, 6.07) is 7.87. The van der Waals surface area contributed by atoms with Crippen LogP contribution in [0.5, 0.6) is 0 Å². The van der Waals surface area contributed by atoms with E-state index in [9.17, 15) is 4.79 Å². The lowest BCUT2D eigenvalue weighted by Gasteiger charge is -2.41. The van der Waals surface area contributed by atoms with Gasteiger partial charge in [-0.1, -0.05) is 47.1 Å². The molecule has 1 aromatic heterocycles. The van der Waals surface area contributed by atoms with Crippen LogP contribution in [-0.2, 0) is 11.3 Å². The van der Waals surface area contributed by atoms with Gasteiger partial charge < -0.3 is 9.42 Å². The number of rotatable bonds is 4. The molecular formula is C22H29BrN4O2. The molecule has 156 valence electrons.